The van der Waals surface area contributed by atoms with E-state index in [1.165, 1.54) is 0 Å². The fourth-order valence-corrected chi connectivity index (χ4v) is 4.75. The van der Waals surface area contributed by atoms with E-state index < -0.39 is 0 Å². The fourth-order valence-electron chi connectivity index (χ4n) is 4.75. The number of fused-ring (bicyclic) bond motifs is 2. The molecule has 5 aromatic rings. The number of carbonyl (C=O) groups is 1. The average molecular weight is 473 g/mol. The van der Waals surface area contributed by atoms with Gasteiger partial charge in [0.05, 0.1) is 23.4 Å². The molecule has 0 atom stereocenters. The minimum absolute atomic E-state index is 0.128. The molecule has 1 aliphatic rings. The second kappa shape index (κ2) is 9.19. The highest BCUT2D eigenvalue weighted by Gasteiger charge is 2.25. The lowest BCUT2D eigenvalue weighted by Gasteiger charge is -2.29. The van der Waals surface area contributed by atoms with E-state index in [0.29, 0.717) is 11.4 Å². The number of rotatable bonds is 5. The Morgan fingerprint density at radius 1 is 0.861 bits per heavy atom. The molecule has 0 radical (unpaired) electrons. The van der Waals surface area contributed by atoms with Crippen LogP contribution in [0, 0.1) is 0 Å². The Kier molecular flexibility index (Phi) is 5.58. The van der Waals surface area contributed by atoms with Crippen LogP contribution in [0.2, 0.25) is 0 Å². The van der Waals surface area contributed by atoms with Crippen LogP contribution in [0.3, 0.4) is 0 Å². The van der Waals surface area contributed by atoms with E-state index in [-0.39, 0.29) is 23.8 Å². The van der Waals surface area contributed by atoms with Gasteiger partial charge in [-0.25, -0.2) is 15.0 Å². The Hall–Kier alpha value is -4.65. The molecule has 0 bridgehead atoms. The number of carbonyl (C=O) groups excluding carboxylic acids is 1. The summed E-state index contributed by atoms with van der Waals surface area (Å²) in [5, 5.41) is 0.983. The van der Waals surface area contributed by atoms with Crippen molar-refractivity contribution in [1.29, 1.82) is 0 Å². The van der Waals surface area contributed by atoms with Crippen LogP contribution in [-0.2, 0) is 6.42 Å². The van der Waals surface area contributed by atoms with Crippen molar-refractivity contribution in [3.05, 3.63) is 96.4 Å². The lowest BCUT2D eigenvalue weighted by molar-refractivity contribution is 0.0994. The predicted molar refractivity (Wildman–Crippen MR) is 142 cm³/mol. The molecule has 0 spiro atoms. The fraction of sp³-hybridized carbons (Fsp3) is 0.138. The van der Waals surface area contributed by atoms with E-state index in [9.17, 15) is 4.79 Å². The molecular formula is C29H24N6O. The highest BCUT2D eigenvalue weighted by Crippen LogP contribution is 2.33. The van der Waals surface area contributed by atoms with Crippen LogP contribution in [0.25, 0.3) is 33.4 Å². The Balaban J connectivity index is 1.44. The molecule has 7 heteroatoms. The minimum atomic E-state index is -0.179. The van der Waals surface area contributed by atoms with Crippen LogP contribution in [0.1, 0.15) is 22.5 Å². The van der Waals surface area contributed by atoms with Crippen molar-refractivity contribution in [2.45, 2.75) is 12.8 Å². The van der Waals surface area contributed by atoms with Crippen LogP contribution in [0.5, 0.6) is 0 Å². The predicted octanol–water partition coefficient (Wildman–Crippen LogP) is 4.97. The largest absolute Gasteiger partial charge is 0.382 e. The van der Waals surface area contributed by atoms with Gasteiger partial charge in [0, 0.05) is 35.5 Å². The second-order valence-corrected chi connectivity index (χ2v) is 8.87. The van der Waals surface area contributed by atoms with E-state index in [4.69, 9.17) is 15.7 Å². The quantitative estimate of drug-likeness (QED) is 0.361. The number of hydrogen-bond donors (Lipinski definition) is 1. The monoisotopic (exact) mass is 472 g/mol. The number of aromatic nitrogens is 4. The standard InChI is InChI=1S/C29H24N6O/c30-28-27(24(36)18-35-16-6-11-20-9-4-15-32-29(20)35)33-26(25(34-28)19-7-2-1-3-8-19)22-12-13-23-21(17-22)10-5-14-31-23/h1-5,7-10,12-15,17H,6,11,16,18H2,(H2,30,34). The van der Waals surface area contributed by atoms with Crippen LogP contribution in [0.15, 0.2) is 85.2 Å². The maximum absolute atomic E-state index is 13.5. The van der Waals surface area contributed by atoms with E-state index in [2.05, 4.69) is 16.0 Å². The van der Waals surface area contributed by atoms with Gasteiger partial charge in [0.1, 0.15) is 5.82 Å². The molecule has 0 amide bonds. The van der Waals surface area contributed by atoms with Gasteiger partial charge in [0.2, 0.25) is 5.78 Å². The lowest BCUT2D eigenvalue weighted by Crippen LogP contribution is -2.35. The zero-order valence-corrected chi connectivity index (χ0v) is 19.6. The van der Waals surface area contributed by atoms with Crippen molar-refractivity contribution in [2.24, 2.45) is 0 Å². The van der Waals surface area contributed by atoms with Gasteiger partial charge >= 0.3 is 0 Å². The Labute approximate surface area is 208 Å². The first-order valence-electron chi connectivity index (χ1n) is 12.0. The summed E-state index contributed by atoms with van der Waals surface area (Å²) in [5.74, 6) is 0.803. The molecule has 1 aliphatic heterocycles. The summed E-state index contributed by atoms with van der Waals surface area (Å²) in [6.07, 6.45) is 5.46. The van der Waals surface area contributed by atoms with Crippen LogP contribution in [-0.4, -0.2) is 38.8 Å². The van der Waals surface area contributed by atoms with Crippen LogP contribution in [0.4, 0.5) is 11.6 Å². The summed E-state index contributed by atoms with van der Waals surface area (Å²) in [4.78, 5) is 34.0. The summed E-state index contributed by atoms with van der Waals surface area (Å²) in [7, 11) is 0. The van der Waals surface area contributed by atoms with E-state index in [1.54, 1.807) is 12.4 Å². The third-order valence-corrected chi connectivity index (χ3v) is 6.49. The molecule has 4 heterocycles. The molecule has 176 valence electrons. The smallest absolute Gasteiger partial charge is 0.204 e. The lowest BCUT2D eigenvalue weighted by atomic mass is 10.0. The molecule has 6 rings (SSSR count). The first kappa shape index (κ1) is 21.9. The van der Waals surface area contributed by atoms with Gasteiger partial charge < -0.3 is 10.6 Å². The van der Waals surface area contributed by atoms with Crippen molar-refractivity contribution in [1.82, 2.24) is 19.9 Å². The molecule has 2 aromatic carbocycles. The maximum Gasteiger partial charge on any atom is 0.204 e. The Bertz CT molecular complexity index is 1580. The van der Waals surface area contributed by atoms with Crippen molar-refractivity contribution in [3.63, 3.8) is 0 Å². The molecule has 0 unspecified atom stereocenters. The molecule has 0 aliphatic carbocycles. The molecule has 3 aromatic heterocycles. The molecule has 2 N–H and O–H groups in total. The SMILES string of the molecule is Nc1nc(-c2ccccc2)c(-c2ccc3ncccc3c2)nc1C(=O)CN1CCCc2cccnc21. The Morgan fingerprint density at radius 3 is 2.56 bits per heavy atom. The van der Waals surface area contributed by atoms with Crippen molar-refractivity contribution in [2.75, 3.05) is 23.7 Å². The van der Waals surface area contributed by atoms with Crippen molar-refractivity contribution in [3.8, 4) is 22.5 Å². The first-order chi connectivity index (χ1) is 17.7. The highest BCUT2D eigenvalue weighted by molar-refractivity contribution is 6.02. The van der Waals surface area contributed by atoms with Crippen molar-refractivity contribution >= 4 is 28.3 Å². The number of nitrogen functional groups attached to an aromatic ring is 1. The van der Waals surface area contributed by atoms with Gasteiger partial charge in [0.25, 0.3) is 0 Å². The second-order valence-electron chi connectivity index (χ2n) is 8.87. The number of nitrogens with zero attached hydrogens (tertiary/aromatic N) is 5. The van der Waals surface area contributed by atoms with E-state index >= 15 is 0 Å². The molecular weight excluding hydrogens is 448 g/mol. The number of Topliss-reactive ketones (excluding diaryl/α,β-unsaturated/α-hetero) is 1. The summed E-state index contributed by atoms with van der Waals surface area (Å²) >= 11 is 0. The van der Waals surface area contributed by atoms with E-state index in [1.807, 2.05) is 71.6 Å². The highest BCUT2D eigenvalue weighted by atomic mass is 16.1. The number of pyridine rings is 2. The maximum atomic E-state index is 13.5. The molecule has 0 fully saturated rings. The van der Waals surface area contributed by atoms with Gasteiger partial charge in [0.15, 0.2) is 11.5 Å². The zero-order chi connectivity index (χ0) is 24.5. The summed E-state index contributed by atoms with van der Waals surface area (Å²) in [6, 6.07) is 23.6. The third-order valence-electron chi connectivity index (χ3n) is 6.49. The summed E-state index contributed by atoms with van der Waals surface area (Å²) in [6.45, 7) is 0.907. The summed E-state index contributed by atoms with van der Waals surface area (Å²) in [5.41, 5.74) is 11.6. The van der Waals surface area contributed by atoms with Gasteiger partial charge in [-0.1, -0.05) is 48.5 Å². The van der Waals surface area contributed by atoms with E-state index in [0.717, 1.165) is 52.8 Å². The van der Waals surface area contributed by atoms with Gasteiger partial charge in [-0.15, -0.1) is 0 Å². The van der Waals surface area contributed by atoms with Crippen LogP contribution < -0.4 is 10.6 Å². The first-order valence-corrected chi connectivity index (χ1v) is 12.0. The molecule has 36 heavy (non-hydrogen) atoms. The number of nitrogens with two attached hydrogens (primary N) is 1. The normalized spacial score (nSPS) is 12.9. The average Bonchev–Trinajstić information content (AvgIpc) is 2.93. The number of anilines is 2. The molecule has 0 saturated carbocycles. The van der Waals surface area contributed by atoms with Gasteiger partial charge in [-0.3, -0.25) is 9.78 Å². The minimum Gasteiger partial charge on any atom is -0.382 e. The van der Waals surface area contributed by atoms with Gasteiger partial charge in [-0.2, -0.15) is 0 Å². The summed E-state index contributed by atoms with van der Waals surface area (Å²) < 4.78 is 0. The number of aryl methyl sites for hydroxylation is 1. The number of benzene rings is 2. The Morgan fingerprint density at radius 2 is 1.67 bits per heavy atom. The number of ketones is 1. The molecule has 0 saturated heterocycles. The topological polar surface area (TPSA) is 97.9 Å². The van der Waals surface area contributed by atoms with Gasteiger partial charge in [-0.05, 0) is 42.7 Å². The third kappa shape index (κ3) is 4.05. The molecule has 7 nitrogen and oxygen atoms in total. The van der Waals surface area contributed by atoms with Crippen molar-refractivity contribution < 1.29 is 4.79 Å². The number of hydrogen-bond acceptors (Lipinski definition) is 7. The zero-order valence-electron chi connectivity index (χ0n) is 19.6. The van der Waals surface area contributed by atoms with Crippen LogP contribution >= 0.6 is 0 Å².